The van der Waals surface area contributed by atoms with Crippen LogP contribution in [0.15, 0.2) is 30.3 Å². The Morgan fingerprint density at radius 2 is 1.60 bits per heavy atom. The summed E-state index contributed by atoms with van der Waals surface area (Å²) in [6.45, 7) is 0. The number of amides is 1. The lowest BCUT2D eigenvalue weighted by Crippen LogP contribution is -2.13. The number of rotatable bonds is 3. The summed E-state index contributed by atoms with van der Waals surface area (Å²) in [5, 5.41) is 2.63. The summed E-state index contributed by atoms with van der Waals surface area (Å²) in [6, 6.07) is 5.81. The molecule has 104 valence electrons. The van der Waals surface area contributed by atoms with Crippen LogP contribution >= 0.6 is 0 Å². The zero-order chi connectivity index (χ0) is 14.9. The molecule has 0 atom stereocenters. The standard InChI is InChI=1S/C13H10F3N3O/c14-9-4-7(5-10(15)12(9)16)19-6-1-2-11(17)8(3-6)13(18)20/h1-5,19H,17H2,(H2,18,20). The maximum absolute atomic E-state index is 13.1. The van der Waals surface area contributed by atoms with Crippen LogP contribution in [0.4, 0.5) is 30.2 Å². The van der Waals surface area contributed by atoms with Gasteiger partial charge >= 0.3 is 0 Å². The highest BCUT2D eigenvalue weighted by Crippen LogP contribution is 2.24. The van der Waals surface area contributed by atoms with Crippen molar-refractivity contribution in [3.8, 4) is 0 Å². The molecule has 5 N–H and O–H groups in total. The number of primary amides is 1. The molecule has 0 aliphatic heterocycles. The first-order valence-electron chi connectivity index (χ1n) is 5.49. The number of hydrogen-bond acceptors (Lipinski definition) is 3. The Morgan fingerprint density at radius 1 is 1.00 bits per heavy atom. The van der Waals surface area contributed by atoms with Gasteiger partial charge in [-0.25, -0.2) is 13.2 Å². The van der Waals surface area contributed by atoms with Crippen molar-refractivity contribution in [3.05, 3.63) is 53.3 Å². The van der Waals surface area contributed by atoms with Gasteiger partial charge in [0.1, 0.15) is 0 Å². The molecule has 0 spiro atoms. The van der Waals surface area contributed by atoms with Crippen molar-refractivity contribution in [3.63, 3.8) is 0 Å². The molecule has 4 nitrogen and oxygen atoms in total. The van der Waals surface area contributed by atoms with Gasteiger partial charge in [-0.1, -0.05) is 0 Å². The number of carbonyl (C=O) groups is 1. The normalized spacial score (nSPS) is 10.3. The molecule has 0 aliphatic carbocycles. The summed E-state index contributed by atoms with van der Waals surface area (Å²) in [7, 11) is 0. The molecule has 2 rings (SSSR count). The average Bonchev–Trinajstić information content (AvgIpc) is 2.38. The highest BCUT2D eigenvalue weighted by Gasteiger charge is 2.11. The molecule has 0 bridgehead atoms. The number of nitrogens with two attached hydrogens (primary N) is 2. The Labute approximate surface area is 112 Å². The topological polar surface area (TPSA) is 81.1 Å². The third kappa shape index (κ3) is 2.66. The Kier molecular flexibility index (Phi) is 3.51. The quantitative estimate of drug-likeness (QED) is 0.597. The van der Waals surface area contributed by atoms with Crippen molar-refractivity contribution in [2.24, 2.45) is 5.73 Å². The highest BCUT2D eigenvalue weighted by atomic mass is 19.2. The first-order chi connectivity index (χ1) is 9.38. The minimum absolute atomic E-state index is 0.0124. The number of nitrogen functional groups attached to an aromatic ring is 1. The van der Waals surface area contributed by atoms with Crippen LogP contribution in [0.2, 0.25) is 0 Å². The zero-order valence-corrected chi connectivity index (χ0v) is 10.1. The molecule has 0 unspecified atom stereocenters. The van der Waals surface area contributed by atoms with Crippen LogP contribution in [0.5, 0.6) is 0 Å². The fourth-order valence-electron chi connectivity index (χ4n) is 1.64. The summed E-state index contributed by atoms with van der Waals surface area (Å²) < 4.78 is 38.9. The first-order valence-corrected chi connectivity index (χ1v) is 5.49. The Hall–Kier alpha value is -2.70. The molecular formula is C13H10F3N3O. The van der Waals surface area contributed by atoms with E-state index in [9.17, 15) is 18.0 Å². The lowest BCUT2D eigenvalue weighted by atomic mass is 10.1. The molecule has 7 heteroatoms. The van der Waals surface area contributed by atoms with Crippen LogP contribution in [0, 0.1) is 17.5 Å². The molecule has 2 aromatic carbocycles. The summed E-state index contributed by atoms with van der Waals surface area (Å²) >= 11 is 0. The Balaban J connectivity index is 2.35. The van der Waals surface area contributed by atoms with E-state index in [1.807, 2.05) is 0 Å². The van der Waals surface area contributed by atoms with E-state index in [-0.39, 0.29) is 16.9 Å². The second-order valence-electron chi connectivity index (χ2n) is 4.05. The first kappa shape index (κ1) is 13.7. The maximum Gasteiger partial charge on any atom is 0.250 e. The SMILES string of the molecule is NC(=O)c1cc(Nc2cc(F)c(F)c(F)c2)ccc1N. The Bertz CT molecular complexity index is 666. The number of nitrogens with one attached hydrogen (secondary N) is 1. The molecule has 0 heterocycles. The van der Waals surface area contributed by atoms with E-state index in [4.69, 9.17) is 11.5 Å². The number of halogens is 3. The van der Waals surface area contributed by atoms with Gasteiger partial charge in [0.05, 0.1) is 5.56 Å². The molecule has 0 fully saturated rings. The summed E-state index contributed by atoms with van der Waals surface area (Å²) in [5.41, 5.74) is 11.2. The van der Waals surface area contributed by atoms with Crippen LogP contribution in [0.3, 0.4) is 0 Å². The van der Waals surface area contributed by atoms with E-state index < -0.39 is 23.4 Å². The van der Waals surface area contributed by atoms with E-state index in [0.29, 0.717) is 5.69 Å². The average molecular weight is 281 g/mol. The third-order valence-corrected chi connectivity index (χ3v) is 2.59. The monoisotopic (exact) mass is 281 g/mol. The van der Waals surface area contributed by atoms with Crippen molar-refractivity contribution in [2.45, 2.75) is 0 Å². The van der Waals surface area contributed by atoms with Gasteiger partial charge in [0.2, 0.25) is 0 Å². The summed E-state index contributed by atoms with van der Waals surface area (Å²) in [4.78, 5) is 11.1. The van der Waals surface area contributed by atoms with E-state index in [1.54, 1.807) is 0 Å². The smallest absolute Gasteiger partial charge is 0.250 e. The van der Waals surface area contributed by atoms with E-state index >= 15 is 0 Å². The predicted molar refractivity (Wildman–Crippen MR) is 69.0 cm³/mol. The molecule has 2 aromatic rings. The molecule has 0 saturated carbocycles. The third-order valence-electron chi connectivity index (χ3n) is 2.59. The fraction of sp³-hybridized carbons (Fsp3) is 0. The van der Waals surface area contributed by atoms with Crippen LogP contribution in [-0.2, 0) is 0 Å². The zero-order valence-electron chi connectivity index (χ0n) is 10.1. The fourth-order valence-corrected chi connectivity index (χ4v) is 1.64. The van der Waals surface area contributed by atoms with Crippen molar-refractivity contribution >= 4 is 23.0 Å². The van der Waals surface area contributed by atoms with Gasteiger partial charge in [0, 0.05) is 29.2 Å². The molecule has 1 amide bonds. The van der Waals surface area contributed by atoms with Gasteiger partial charge in [-0.3, -0.25) is 4.79 Å². The number of carbonyl (C=O) groups excluding carboxylic acids is 1. The van der Waals surface area contributed by atoms with Gasteiger partial charge in [-0.05, 0) is 18.2 Å². The number of anilines is 3. The minimum atomic E-state index is -1.55. The minimum Gasteiger partial charge on any atom is -0.398 e. The van der Waals surface area contributed by atoms with Gasteiger partial charge in [0.25, 0.3) is 5.91 Å². The van der Waals surface area contributed by atoms with Crippen LogP contribution in [0.1, 0.15) is 10.4 Å². The van der Waals surface area contributed by atoms with Crippen molar-refractivity contribution in [1.29, 1.82) is 0 Å². The largest absolute Gasteiger partial charge is 0.398 e. The second kappa shape index (κ2) is 5.12. The summed E-state index contributed by atoms with van der Waals surface area (Å²) in [5.74, 6) is -4.93. The second-order valence-corrected chi connectivity index (χ2v) is 4.05. The van der Waals surface area contributed by atoms with Crippen molar-refractivity contribution < 1.29 is 18.0 Å². The highest BCUT2D eigenvalue weighted by molar-refractivity contribution is 5.99. The maximum atomic E-state index is 13.1. The van der Waals surface area contributed by atoms with Gasteiger partial charge in [0.15, 0.2) is 17.5 Å². The van der Waals surface area contributed by atoms with Crippen LogP contribution < -0.4 is 16.8 Å². The molecule has 20 heavy (non-hydrogen) atoms. The van der Waals surface area contributed by atoms with Crippen LogP contribution in [0.25, 0.3) is 0 Å². The van der Waals surface area contributed by atoms with Gasteiger partial charge < -0.3 is 16.8 Å². The van der Waals surface area contributed by atoms with Crippen molar-refractivity contribution in [2.75, 3.05) is 11.1 Å². The van der Waals surface area contributed by atoms with E-state index in [0.717, 1.165) is 12.1 Å². The van der Waals surface area contributed by atoms with Gasteiger partial charge in [-0.15, -0.1) is 0 Å². The lowest BCUT2D eigenvalue weighted by molar-refractivity contribution is 0.100. The molecular weight excluding hydrogens is 271 g/mol. The van der Waals surface area contributed by atoms with Gasteiger partial charge in [-0.2, -0.15) is 0 Å². The Morgan fingerprint density at radius 3 is 2.15 bits per heavy atom. The van der Waals surface area contributed by atoms with Crippen molar-refractivity contribution in [1.82, 2.24) is 0 Å². The molecule has 0 aliphatic rings. The molecule has 0 saturated heterocycles. The molecule has 0 radical (unpaired) electrons. The lowest BCUT2D eigenvalue weighted by Gasteiger charge is -2.09. The molecule has 0 aromatic heterocycles. The number of hydrogen-bond donors (Lipinski definition) is 3. The van der Waals surface area contributed by atoms with E-state index in [2.05, 4.69) is 5.32 Å². The van der Waals surface area contributed by atoms with Crippen LogP contribution in [-0.4, -0.2) is 5.91 Å². The summed E-state index contributed by atoms with van der Waals surface area (Å²) in [6.07, 6.45) is 0. The number of benzene rings is 2. The predicted octanol–water partition coefficient (Wildman–Crippen LogP) is 2.53. The van der Waals surface area contributed by atoms with E-state index in [1.165, 1.54) is 18.2 Å².